The molecule has 3 aliphatic heterocycles. The summed E-state index contributed by atoms with van der Waals surface area (Å²) >= 11 is 0. The molecule has 244 valence electrons. The van der Waals surface area contributed by atoms with Crippen LogP contribution in [-0.4, -0.2) is 78.5 Å². The van der Waals surface area contributed by atoms with E-state index in [0.717, 1.165) is 55.9 Å². The van der Waals surface area contributed by atoms with Crippen LogP contribution >= 0.6 is 0 Å². The predicted molar refractivity (Wildman–Crippen MR) is 165 cm³/mol. The van der Waals surface area contributed by atoms with E-state index < -0.39 is 11.9 Å². The number of fused-ring (bicyclic) bond motifs is 3. The third-order valence-electron chi connectivity index (χ3n) is 8.93. The average Bonchev–Trinajstić information content (AvgIpc) is 3.43. The van der Waals surface area contributed by atoms with Crippen molar-refractivity contribution in [2.75, 3.05) is 13.1 Å². The Kier molecular flexibility index (Phi) is 11.1. The van der Waals surface area contributed by atoms with Crippen LogP contribution in [-0.2, 0) is 32.1 Å². The van der Waals surface area contributed by atoms with Gasteiger partial charge in [0, 0.05) is 68.3 Å². The van der Waals surface area contributed by atoms with Crippen molar-refractivity contribution in [1.29, 1.82) is 0 Å². The second-order valence-electron chi connectivity index (χ2n) is 12.4. The van der Waals surface area contributed by atoms with Gasteiger partial charge in [0.1, 0.15) is 11.6 Å². The van der Waals surface area contributed by atoms with Crippen molar-refractivity contribution in [3.63, 3.8) is 0 Å². The molecule has 4 heterocycles. The van der Waals surface area contributed by atoms with Crippen LogP contribution in [0.15, 0.2) is 36.4 Å². The van der Waals surface area contributed by atoms with E-state index in [1.165, 1.54) is 37.6 Å². The van der Waals surface area contributed by atoms with E-state index in [1.807, 2.05) is 24.8 Å². The summed E-state index contributed by atoms with van der Waals surface area (Å²) in [5.74, 6) is -1.59. The lowest BCUT2D eigenvalue weighted by Gasteiger charge is -2.41. The van der Waals surface area contributed by atoms with Crippen molar-refractivity contribution in [2.24, 2.45) is 5.92 Å². The van der Waals surface area contributed by atoms with Crippen LogP contribution in [0.5, 0.6) is 0 Å². The van der Waals surface area contributed by atoms with Gasteiger partial charge in [-0.15, -0.1) is 0 Å². The Morgan fingerprint density at radius 1 is 1.07 bits per heavy atom. The first-order chi connectivity index (χ1) is 21.3. The lowest BCUT2D eigenvalue weighted by Crippen LogP contribution is -2.45. The fourth-order valence-corrected chi connectivity index (χ4v) is 7.11. The number of hydrogen-bond acceptors (Lipinski definition) is 6. The van der Waals surface area contributed by atoms with Crippen LogP contribution in [0.3, 0.4) is 0 Å². The van der Waals surface area contributed by atoms with Crippen LogP contribution in [0, 0.1) is 18.7 Å². The highest BCUT2D eigenvalue weighted by Crippen LogP contribution is 2.43. The fraction of sp³-hybridized carbons (Fsp3) is 0.545. The zero-order valence-electron chi connectivity index (χ0n) is 26.4. The first-order valence-electron chi connectivity index (χ1n) is 15.6. The van der Waals surface area contributed by atoms with Gasteiger partial charge in [0.2, 0.25) is 11.8 Å². The Morgan fingerprint density at radius 3 is 2.27 bits per heavy atom. The number of aromatic nitrogens is 2. The number of aliphatic carboxylic acids is 2. The van der Waals surface area contributed by atoms with E-state index in [9.17, 15) is 23.6 Å². The molecular weight excluding hydrogens is 581 g/mol. The number of carboxylic acids is 2. The molecule has 2 bridgehead atoms. The van der Waals surface area contributed by atoms with Gasteiger partial charge >= 0.3 is 11.9 Å². The molecule has 1 aromatic carbocycles. The predicted octanol–water partition coefficient (Wildman–Crippen LogP) is 4.02. The molecule has 1 aromatic heterocycles. The molecule has 0 saturated carbocycles. The number of carbonyl (C=O) groups excluding carboxylic acids is 2. The van der Waals surface area contributed by atoms with E-state index in [1.54, 1.807) is 6.07 Å². The number of nitrogens with zero attached hydrogens (tertiary/aromatic N) is 4. The number of rotatable bonds is 9. The zero-order valence-corrected chi connectivity index (χ0v) is 26.4. The molecule has 12 heteroatoms. The van der Waals surface area contributed by atoms with Crippen LogP contribution < -0.4 is 5.32 Å². The standard InChI is InChI=1S/C29H40FN5O2.C4H4O4/c1-18(2)29(37)33-12-11-28-27(17-33)31-19(3)35(28)25-15-23-8-9-24(16-25)34(23)13-10-26(32-20(4)36)21-6-5-7-22(30)14-21;5-3(6)1-2-4(7)8/h5-7,14,18,23-26H,8-13,15-17H2,1-4H3,(H,32,36);1-2H,(H,5,6)(H,7,8)/b;2-1+/t23-,24+,25?,26-;/m0./s1. The van der Waals surface area contributed by atoms with E-state index >= 15 is 0 Å². The van der Waals surface area contributed by atoms with Crippen molar-refractivity contribution >= 4 is 23.8 Å². The van der Waals surface area contributed by atoms with Gasteiger partial charge < -0.3 is 25.0 Å². The summed E-state index contributed by atoms with van der Waals surface area (Å²) in [5, 5.41) is 18.7. The van der Waals surface area contributed by atoms with Crippen molar-refractivity contribution in [2.45, 2.75) is 96.9 Å². The van der Waals surface area contributed by atoms with E-state index in [2.05, 4.69) is 21.7 Å². The lowest BCUT2D eigenvalue weighted by atomic mass is 9.94. The minimum Gasteiger partial charge on any atom is -0.478 e. The summed E-state index contributed by atoms with van der Waals surface area (Å²) in [6, 6.07) is 7.84. The highest BCUT2D eigenvalue weighted by molar-refractivity contribution is 5.89. The van der Waals surface area contributed by atoms with Crippen LogP contribution in [0.2, 0.25) is 0 Å². The Bertz CT molecular complexity index is 1410. The second-order valence-corrected chi connectivity index (χ2v) is 12.4. The number of benzene rings is 1. The maximum atomic E-state index is 13.9. The number of aryl methyl sites for hydroxylation is 1. The normalized spacial score (nSPS) is 21.6. The molecule has 45 heavy (non-hydrogen) atoms. The minimum absolute atomic E-state index is 0.0100. The van der Waals surface area contributed by atoms with Gasteiger partial charge in [0.15, 0.2) is 0 Å². The number of carbonyl (C=O) groups is 4. The van der Waals surface area contributed by atoms with Gasteiger partial charge in [-0.25, -0.2) is 19.0 Å². The molecule has 0 spiro atoms. The summed E-state index contributed by atoms with van der Waals surface area (Å²) in [6.45, 7) is 9.83. The summed E-state index contributed by atoms with van der Waals surface area (Å²) in [5.41, 5.74) is 3.21. The van der Waals surface area contributed by atoms with Gasteiger partial charge in [-0.2, -0.15) is 0 Å². The molecule has 2 amide bonds. The molecule has 11 nitrogen and oxygen atoms in total. The van der Waals surface area contributed by atoms with Gasteiger partial charge in [0.05, 0.1) is 18.3 Å². The SMILES string of the molecule is CC(=O)N[C@@H](CCN1[C@@H]2CC[C@H]1CC(n1c(C)nc3c1CCN(C(=O)C(C)C)C3)C2)c1cccc(F)c1.O=C(O)/C=C/C(=O)O. The van der Waals surface area contributed by atoms with Crippen LogP contribution in [0.4, 0.5) is 4.39 Å². The van der Waals surface area contributed by atoms with E-state index in [4.69, 9.17) is 15.2 Å². The lowest BCUT2D eigenvalue weighted by molar-refractivity contribution is -0.135. The first-order valence-corrected chi connectivity index (χ1v) is 15.6. The summed E-state index contributed by atoms with van der Waals surface area (Å²) in [6.07, 6.45) is 7.33. The van der Waals surface area contributed by atoms with Crippen LogP contribution in [0.25, 0.3) is 0 Å². The van der Waals surface area contributed by atoms with E-state index in [0.29, 0.717) is 36.8 Å². The number of amides is 2. The molecule has 3 N–H and O–H groups in total. The van der Waals surface area contributed by atoms with Crippen molar-refractivity contribution in [3.8, 4) is 0 Å². The molecule has 0 aliphatic carbocycles. The highest BCUT2D eigenvalue weighted by Gasteiger charge is 2.42. The van der Waals surface area contributed by atoms with Crippen molar-refractivity contribution in [1.82, 2.24) is 24.7 Å². The first kappa shape index (κ1) is 33.8. The Labute approximate surface area is 263 Å². The third kappa shape index (κ3) is 8.56. The molecule has 2 fully saturated rings. The minimum atomic E-state index is -1.26. The number of imidazole rings is 1. The Hall–Kier alpha value is -4.06. The molecular formula is C33H44FN5O6. The molecule has 4 atom stereocenters. The zero-order chi connectivity index (χ0) is 32.8. The monoisotopic (exact) mass is 625 g/mol. The van der Waals surface area contributed by atoms with Gasteiger partial charge in [-0.1, -0.05) is 26.0 Å². The molecule has 2 aromatic rings. The molecule has 3 aliphatic rings. The smallest absolute Gasteiger partial charge is 0.328 e. The maximum absolute atomic E-state index is 13.9. The number of hydrogen-bond donors (Lipinski definition) is 3. The molecule has 0 radical (unpaired) electrons. The molecule has 1 unspecified atom stereocenters. The van der Waals surface area contributed by atoms with Gasteiger partial charge in [-0.05, 0) is 56.7 Å². The number of nitrogens with one attached hydrogen (secondary N) is 1. The summed E-state index contributed by atoms with van der Waals surface area (Å²) in [4.78, 5) is 53.0. The highest BCUT2D eigenvalue weighted by atomic mass is 19.1. The summed E-state index contributed by atoms with van der Waals surface area (Å²) < 4.78 is 16.4. The van der Waals surface area contributed by atoms with Gasteiger partial charge in [-0.3, -0.25) is 14.5 Å². The van der Waals surface area contributed by atoms with Crippen molar-refractivity contribution < 1.29 is 33.8 Å². The van der Waals surface area contributed by atoms with Crippen molar-refractivity contribution in [3.05, 3.63) is 65.0 Å². The summed E-state index contributed by atoms with van der Waals surface area (Å²) in [7, 11) is 0. The maximum Gasteiger partial charge on any atom is 0.328 e. The molecule has 2 saturated heterocycles. The average molecular weight is 626 g/mol. The van der Waals surface area contributed by atoms with E-state index in [-0.39, 0.29) is 29.6 Å². The second kappa shape index (κ2) is 14.8. The fourth-order valence-electron chi connectivity index (χ4n) is 7.11. The number of carboxylic acid groups (broad SMARTS) is 2. The Balaban J connectivity index is 0.000000510. The molecule has 5 rings (SSSR count). The topological polar surface area (TPSA) is 145 Å². The Morgan fingerprint density at radius 2 is 1.71 bits per heavy atom. The van der Waals surface area contributed by atoms with Crippen LogP contribution in [0.1, 0.15) is 87.7 Å². The van der Waals surface area contributed by atoms with Gasteiger partial charge in [0.25, 0.3) is 0 Å². The third-order valence-corrected chi connectivity index (χ3v) is 8.93. The quantitative estimate of drug-likeness (QED) is 0.355. The number of piperidine rings is 1. The number of halogens is 1. The largest absolute Gasteiger partial charge is 0.478 e.